The van der Waals surface area contributed by atoms with E-state index in [2.05, 4.69) is 37.3 Å². The minimum Gasteiger partial charge on any atom is -0.469 e. The Kier molecular flexibility index (Phi) is 4.67. The van der Waals surface area contributed by atoms with Crippen LogP contribution in [0.15, 0.2) is 42.5 Å². The number of carbonyl (C=O) groups excluding carboxylic acids is 1. The lowest BCUT2D eigenvalue weighted by Crippen LogP contribution is -2.16. The van der Waals surface area contributed by atoms with Crippen molar-refractivity contribution in [3.8, 4) is 0 Å². The first kappa shape index (κ1) is 14.4. The Balaban J connectivity index is 2.02. The van der Waals surface area contributed by atoms with Gasteiger partial charge in [0.15, 0.2) is 0 Å². The highest BCUT2D eigenvalue weighted by Crippen LogP contribution is 2.21. The molecule has 0 amide bonds. The number of hydrogen-bond donors (Lipinski definition) is 0. The summed E-state index contributed by atoms with van der Waals surface area (Å²) in [5.74, 6) is -0.0367. The van der Waals surface area contributed by atoms with Gasteiger partial charge in [0.25, 0.3) is 0 Å². The molecule has 0 saturated carbocycles. The minimum atomic E-state index is -0.155. The van der Waals surface area contributed by atoms with E-state index in [0.29, 0.717) is 0 Å². The second-order valence-electron chi connectivity index (χ2n) is 5.41. The van der Waals surface area contributed by atoms with Crippen LogP contribution in [0.5, 0.6) is 0 Å². The molecule has 20 heavy (non-hydrogen) atoms. The number of rotatable bonds is 5. The monoisotopic (exact) mass is 269 g/mol. The van der Waals surface area contributed by atoms with Crippen molar-refractivity contribution in [3.63, 3.8) is 0 Å². The van der Waals surface area contributed by atoms with Gasteiger partial charge in [-0.05, 0) is 16.3 Å². The third kappa shape index (κ3) is 3.53. The van der Waals surface area contributed by atoms with Crippen molar-refractivity contribution < 1.29 is 9.53 Å². The maximum absolute atomic E-state index is 11.4. The SMILES string of the molecule is [CH2+][C@@H](Cc1ccc2ccccc2c1)C[C@H](C)C(=O)OC. The second kappa shape index (κ2) is 6.47. The van der Waals surface area contributed by atoms with Gasteiger partial charge in [-0.2, -0.15) is 0 Å². The molecule has 0 unspecified atom stereocenters. The summed E-state index contributed by atoms with van der Waals surface area (Å²) in [6.07, 6.45) is 1.63. The molecule has 0 fully saturated rings. The lowest BCUT2D eigenvalue weighted by Gasteiger charge is -2.11. The average molecular weight is 269 g/mol. The molecule has 0 radical (unpaired) electrons. The predicted octanol–water partition coefficient (Wildman–Crippen LogP) is 4.03. The molecule has 2 aromatic carbocycles. The molecule has 0 bridgehead atoms. The van der Waals surface area contributed by atoms with E-state index in [1.807, 2.05) is 19.1 Å². The first-order valence-electron chi connectivity index (χ1n) is 6.98. The standard InChI is InChI=1S/C18H21O2/c1-13(10-14(2)18(19)20-3)11-15-8-9-16-6-4-5-7-17(16)12-15/h4-9,12-14H,1,10-11H2,2-3H3/q+1/t13-,14+/m1/s1. The molecule has 2 atom stereocenters. The average Bonchev–Trinajstić information content (AvgIpc) is 2.46. The molecule has 2 rings (SSSR count). The molecule has 2 nitrogen and oxygen atoms in total. The summed E-state index contributed by atoms with van der Waals surface area (Å²) in [5, 5.41) is 2.50. The normalized spacial score (nSPS) is 13.9. The molecular formula is C18H21O2+. The number of esters is 1. The summed E-state index contributed by atoms with van der Waals surface area (Å²) in [6, 6.07) is 14.8. The fraction of sp³-hybridized carbons (Fsp3) is 0.333. The van der Waals surface area contributed by atoms with Crippen molar-refractivity contribution in [2.75, 3.05) is 7.11 Å². The molecule has 0 aliphatic carbocycles. The Labute approximate surface area is 120 Å². The molecule has 0 spiro atoms. The molecule has 104 valence electrons. The van der Waals surface area contributed by atoms with Crippen molar-refractivity contribution in [3.05, 3.63) is 55.0 Å². The van der Waals surface area contributed by atoms with E-state index in [9.17, 15) is 4.79 Å². The lowest BCUT2D eigenvalue weighted by atomic mass is 9.91. The summed E-state index contributed by atoms with van der Waals surface area (Å²) in [4.78, 5) is 11.4. The summed E-state index contributed by atoms with van der Waals surface area (Å²) >= 11 is 0. The highest BCUT2D eigenvalue weighted by molar-refractivity contribution is 5.83. The summed E-state index contributed by atoms with van der Waals surface area (Å²) in [7, 11) is 1.43. The number of carbonyl (C=O) groups is 1. The Bertz CT molecular complexity index is 589. The zero-order chi connectivity index (χ0) is 14.5. The topological polar surface area (TPSA) is 26.3 Å². The van der Waals surface area contributed by atoms with Gasteiger partial charge in [0.05, 0.1) is 20.0 Å². The van der Waals surface area contributed by atoms with Crippen LogP contribution in [0.2, 0.25) is 0 Å². The summed E-state index contributed by atoms with van der Waals surface area (Å²) in [6.45, 7) is 6.06. The van der Waals surface area contributed by atoms with E-state index in [1.54, 1.807) is 0 Å². The molecule has 2 aromatic rings. The van der Waals surface area contributed by atoms with Gasteiger partial charge in [-0.25, -0.2) is 0 Å². The van der Waals surface area contributed by atoms with Gasteiger partial charge >= 0.3 is 5.97 Å². The van der Waals surface area contributed by atoms with Crippen LogP contribution >= 0.6 is 0 Å². The van der Waals surface area contributed by atoms with Gasteiger partial charge in [-0.1, -0.05) is 49.4 Å². The molecule has 0 aliphatic heterocycles. The minimum absolute atomic E-state index is 0.0945. The fourth-order valence-electron chi connectivity index (χ4n) is 2.58. The van der Waals surface area contributed by atoms with Crippen molar-refractivity contribution in [1.82, 2.24) is 0 Å². The third-order valence-electron chi connectivity index (χ3n) is 3.63. The number of ether oxygens (including phenoxy) is 1. The smallest absolute Gasteiger partial charge is 0.308 e. The van der Waals surface area contributed by atoms with E-state index in [1.165, 1.54) is 23.4 Å². The molecular weight excluding hydrogens is 248 g/mol. The number of benzene rings is 2. The molecule has 0 N–H and O–H groups in total. The van der Waals surface area contributed by atoms with Crippen LogP contribution in [-0.2, 0) is 16.0 Å². The lowest BCUT2D eigenvalue weighted by molar-refractivity contribution is -0.145. The first-order valence-corrected chi connectivity index (χ1v) is 6.98. The maximum atomic E-state index is 11.4. The number of methoxy groups -OCH3 is 1. The van der Waals surface area contributed by atoms with Crippen LogP contribution in [0.3, 0.4) is 0 Å². The van der Waals surface area contributed by atoms with Crippen molar-refractivity contribution in [2.45, 2.75) is 19.8 Å². The van der Waals surface area contributed by atoms with Gasteiger partial charge in [-0.15, -0.1) is 0 Å². The summed E-state index contributed by atoms with van der Waals surface area (Å²) < 4.78 is 4.75. The molecule has 0 heterocycles. The van der Waals surface area contributed by atoms with Gasteiger partial charge in [-0.3, -0.25) is 4.79 Å². The van der Waals surface area contributed by atoms with Gasteiger partial charge in [0, 0.05) is 12.8 Å². The Morgan fingerprint density at radius 1 is 1.20 bits per heavy atom. The van der Waals surface area contributed by atoms with E-state index < -0.39 is 0 Å². The van der Waals surface area contributed by atoms with Crippen molar-refractivity contribution in [2.24, 2.45) is 11.8 Å². The molecule has 2 heteroatoms. The van der Waals surface area contributed by atoms with Crippen LogP contribution in [0, 0.1) is 18.8 Å². The van der Waals surface area contributed by atoms with Crippen molar-refractivity contribution in [1.29, 1.82) is 0 Å². The maximum Gasteiger partial charge on any atom is 0.308 e. The zero-order valence-electron chi connectivity index (χ0n) is 12.1. The van der Waals surface area contributed by atoms with Crippen LogP contribution in [0.4, 0.5) is 0 Å². The van der Waals surface area contributed by atoms with E-state index in [0.717, 1.165) is 12.8 Å². The van der Waals surface area contributed by atoms with Crippen LogP contribution < -0.4 is 0 Å². The van der Waals surface area contributed by atoms with Crippen LogP contribution in [0.1, 0.15) is 18.9 Å². The largest absolute Gasteiger partial charge is 0.469 e. The van der Waals surface area contributed by atoms with E-state index in [4.69, 9.17) is 4.74 Å². The quantitative estimate of drug-likeness (QED) is 0.605. The number of hydrogen-bond acceptors (Lipinski definition) is 2. The van der Waals surface area contributed by atoms with Gasteiger partial charge in [0.1, 0.15) is 5.92 Å². The zero-order valence-corrected chi connectivity index (χ0v) is 12.1. The Hall–Kier alpha value is -1.96. The third-order valence-corrected chi connectivity index (χ3v) is 3.63. The predicted molar refractivity (Wildman–Crippen MR) is 82.3 cm³/mol. The van der Waals surface area contributed by atoms with Crippen molar-refractivity contribution >= 4 is 16.7 Å². The van der Waals surface area contributed by atoms with Gasteiger partial charge < -0.3 is 4.74 Å². The highest BCUT2D eigenvalue weighted by Gasteiger charge is 2.20. The Morgan fingerprint density at radius 2 is 1.90 bits per heavy atom. The fourth-order valence-corrected chi connectivity index (χ4v) is 2.58. The molecule has 0 saturated heterocycles. The number of fused-ring (bicyclic) bond motifs is 1. The second-order valence-corrected chi connectivity index (χ2v) is 5.41. The Morgan fingerprint density at radius 3 is 2.60 bits per heavy atom. The van der Waals surface area contributed by atoms with Crippen LogP contribution in [0.25, 0.3) is 10.8 Å². The van der Waals surface area contributed by atoms with E-state index >= 15 is 0 Å². The highest BCUT2D eigenvalue weighted by atomic mass is 16.5. The molecule has 0 aliphatic rings. The molecule has 0 aromatic heterocycles. The van der Waals surface area contributed by atoms with Gasteiger partial charge in [0.2, 0.25) is 0 Å². The van der Waals surface area contributed by atoms with Crippen LogP contribution in [-0.4, -0.2) is 13.1 Å². The first-order chi connectivity index (χ1) is 9.60. The van der Waals surface area contributed by atoms with E-state index in [-0.39, 0.29) is 17.8 Å². The summed E-state index contributed by atoms with van der Waals surface area (Å²) in [5.41, 5.74) is 1.26.